The van der Waals surface area contributed by atoms with Gasteiger partial charge in [0.2, 0.25) is 5.91 Å². The third kappa shape index (κ3) is 3.83. The number of nitrogens with one attached hydrogen (secondary N) is 1. The lowest BCUT2D eigenvalue weighted by molar-refractivity contribution is -0.133. The zero-order valence-electron chi connectivity index (χ0n) is 12.5. The van der Waals surface area contributed by atoms with E-state index in [9.17, 15) is 4.79 Å². The topological polar surface area (TPSA) is 61.5 Å². The van der Waals surface area contributed by atoms with Gasteiger partial charge in [-0.2, -0.15) is 5.10 Å². The van der Waals surface area contributed by atoms with Crippen LogP contribution < -0.4 is 0 Å². The number of rotatable bonds is 4. The number of hydrogen-bond acceptors (Lipinski definition) is 4. The standard InChI is InChI=1S/C15H24N4O2/c20-15(2-1-13-11-16-17-12-13)19-7-5-18(6-8-19)14-3-9-21-10-4-14/h11-12,14H,1-10H2,(H,16,17). The summed E-state index contributed by atoms with van der Waals surface area (Å²) in [5, 5.41) is 6.69. The first kappa shape index (κ1) is 14.5. The summed E-state index contributed by atoms with van der Waals surface area (Å²) in [7, 11) is 0. The molecular weight excluding hydrogens is 268 g/mol. The van der Waals surface area contributed by atoms with Gasteiger partial charge in [-0.15, -0.1) is 0 Å². The van der Waals surface area contributed by atoms with Crippen LogP contribution in [0.25, 0.3) is 0 Å². The van der Waals surface area contributed by atoms with Crippen LogP contribution in [0.2, 0.25) is 0 Å². The highest BCUT2D eigenvalue weighted by Gasteiger charge is 2.26. The second kappa shape index (κ2) is 7.04. The first-order chi connectivity index (χ1) is 10.3. The van der Waals surface area contributed by atoms with Crippen LogP contribution in [0.1, 0.15) is 24.8 Å². The molecule has 2 fully saturated rings. The molecule has 2 saturated heterocycles. The summed E-state index contributed by atoms with van der Waals surface area (Å²) in [6, 6.07) is 0.655. The largest absolute Gasteiger partial charge is 0.381 e. The van der Waals surface area contributed by atoms with Gasteiger partial charge in [0.15, 0.2) is 0 Å². The van der Waals surface area contributed by atoms with Gasteiger partial charge in [0.25, 0.3) is 0 Å². The van der Waals surface area contributed by atoms with Gasteiger partial charge in [0.05, 0.1) is 6.20 Å². The summed E-state index contributed by atoms with van der Waals surface area (Å²) in [5.41, 5.74) is 1.10. The Morgan fingerprint density at radius 1 is 1.29 bits per heavy atom. The number of H-pyrrole nitrogens is 1. The van der Waals surface area contributed by atoms with Crippen molar-refractivity contribution < 1.29 is 9.53 Å². The Morgan fingerprint density at radius 2 is 2.05 bits per heavy atom. The number of hydrogen-bond donors (Lipinski definition) is 1. The quantitative estimate of drug-likeness (QED) is 0.886. The third-order valence-electron chi connectivity index (χ3n) is 4.56. The molecular formula is C15H24N4O2. The van der Waals surface area contributed by atoms with Gasteiger partial charge < -0.3 is 9.64 Å². The molecule has 0 saturated carbocycles. The molecule has 6 heteroatoms. The molecule has 0 spiro atoms. The van der Waals surface area contributed by atoms with Crippen LogP contribution in [0.4, 0.5) is 0 Å². The van der Waals surface area contributed by atoms with Gasteiger partial charge in [-0.25, -0.2) is 0 Å². The molecule has 21 heavy (non-hydrogen) atoms. The number of aromatic amines is 1. The fourth-order valence-corrected chi connectivity index (χ4v) is 3.21. The van der Waals surface area contributed by atoms with Crippen molar-refractivity contribution in [1.82, 2.24) is 20.0 Å². The van der Waals surface area contributed by atoms with E-state index >= 15 is 0 Å². The monoisotopic (exact) mass is 292 g/mol. The summed E-state index contributed by atoms with van der Waals surface area (Å²) < 4.78 is 5.42. The Hall–Kier alpha value is -1.40. The number of aryl methyl sites for hydroxylation is 1. The van der Waals surface area contributed by atoms with Gasteiger partial charge in [-0.1, -0.05) is 0 Å². The molecule has 0 atom stereocenters. The van der Waals surface area contributed by atoms with E-state index in [-0.39, 0.29) is 5.91 Å². The summed E-state index contributed by atoms with van der Waals surface area (Å²) in [6.45, 7) is 5.50. The predicted molar refractivity (Wildman–Crippen MR) is 78.9 cm³/mol. The maximum absolute atomic E-state index is 12.2. The van der Waals surface area contributed by atoms with Crippen LogP contribution in [0.5, 0.6) is 0 Å². The Morgan fingerprint density at radius 3 is 2.71 bits per heavy atom. The van der Waals surface area contributed by atoms with Crippen molar-refractivity contribution in [3.63, 3.8) is 0 Å². The van der Waals surface area contributed by atoms with Crippen molar-refractivity contribution in [3.05, 3.63) is 18.0 Å². The molecule has 1 aromatic heterocycles. The van der Waals surface area contributed by atoms with Crippen LogP contribution in [0, 0.1) is 0 Å². The average molecular weight is 292 g/mol. The number of carbonyl (C=O) groups is 1. The number of amides is 1. The van der Waals surface area contributed by atoms with Crippen molar-refractivity contribution in [2.75, 3.05) is 39.4 Å². The smallest absolute Gasteiger partial charge is 0.222 e. The van der Waals surface area contributed by atoms with E-state index in [1.165, 1.54) is 0 Å². The highest BCUT2D eigenvalue weighted by atomic mass is 16.5. The minimum Gasteiger partial charge on any atom is -0.381 e. The fraction of sp³-hybridized carbons (Fsp3) is 0.733. The number of carbonyl (C=O) groups excluding carboxylic acids is 1. The minimum absolute atomic E-state index is 0.267. The van der Waals surface area contributed by atoms with Crippen molar-refractivity contribution in [2.45, 2.75) is 31.7 Å². The van der Waals surface area contributed by atoms with E-state index in [1.807, 2.05) is 11.1 Å². The predicted octanol–water partition coefficient (Wildman–Crippen LogP) is 0.666. The van der Waals surface area contributed by atoms with Gasteiger partial charge in [0, 0.05) is 58.1 Å². The van der Waals surface area contributed by atoms with Crippen molar-refractivity contribution in [3.8, 4) is 0 Å². The molecule has 0 radical (unpaired) electrons. The van der Waals surface area contributed by atoms with Gasteiger partial charge in [-0.3, -0.25) is 14.8 Å². The Balaban J connectivity index is 1.41. The van der Waals surface area contributed by atoms with E-state index in [0.717, 1.165) is 64.2 Å². The molecule has 1 N–H and O–H groups in total. The summed E-state index contributed by atoms with van der Waals surface area (Å²) in [6.07, 6.45) is 7.27. The summed E-state index contributed by atoms with van der Waals surface area (Å²) in [4.78, 5) is 16.8. The van der Waals surface area contributed by atoms with Crippen molar-refractivity contribution in [1.29, 1.82) is 0 Å². The van der Waals surface area contributed by atoms with E-state index in [1.54, 1.807) is 6.20 Å². The lowest BCUT2D eigenvalue weighted by atomic mass is 10.1. The van der Waals surface area contributed by atoms with Crippen LogP contribution >= 0.6 is 0 Å². The molecule has 0 aromatic carbocycles. The highest BCUT2D eigenvalue weighted by Crippen LogP contribution is 2.17. The van der Waals surface area contributed by atoms with Crippen LogP contribution in [0.15, 0.2) is 12.4 Å². The molecule has 1 aromatic rings. The minimum atomic E-state index is 0.267. The second-order valence-corrected chi connectivity index (χ2v) is 5.87. The molecule has 0 aliphatic carbocycles. The molecule has 0 bridgehead atoms. The zero-order chi connectivity index (χ0) is 14.5. The maximum atomic E-state index is 12.2. The number of aromatic nitrogens is 2. The van der Waals surface area contributed by atoms with Gasteiger partial charge >= 0.3 is 0 Å². The molecule has 3 heterocycles. The maximum Gasteiger partial charge on any atom is 0.222 e. The molecule has 1 amide bonds. The Labute approximate surface area is 125 Å². The Kier molecular flexibility index (Phi) is 4.87. The van der Waals surface area contributed by atoms with Crippen molar-refractivity contribution in [2.24, 2.45) is 0 Å². The lowest BCUT2D eigenvalue weighted by Crippen LogP contribution is -2.53. The molecule has 2 aliphatic heterocycles. The van der Waals surface area contributed by atoms with Crippen LogP contribution in [-0.2, 0) is 16.0 Å². The number of nitrogens with zero attached hydrogens (tertiary/aromatic N) is 3. The zero-order valence-corrected chi connectivity index (χ0v) is 12.5. The van der Waals surface area contributed by atoms with E-state index in [4.69, 9.17) is 4.74 Å². The van der Waals surface area contributed by atoms with E-state index < -0.39 is 0 Å². The molecule has 116 valence electrons. The molecule has 2 aliphatic rings. The highest BCUT2D eigenvalue weighted by molar-refractivity contribution is 5.76. The molecule has 6 nitrogen and oxygen atoms in total. The summed E-state index contributed by atoms with van der Waals surface area (Å²) >= 11 is 0. The third-order valence-corrected chi connectivity index (χ3v) is 4.56. The fourth-order valence-electron chi connectivity index (χ4n) is 3.21. The number of piperazine rings is 1. The number of ether oxygens (including phenoxy) is 1. The van der Waals surface area contributed by atoms with Crippen LogP contribution in [-0.4, -0.2) is 71.3 Å². The molecule has 0 unspecified atom stereocenters. The SMILES string of the molecule is O=C(CCc1cn[nH]c1)N1CCN(C2CCOCC2)CC1. The van der Waals surface area contributed by atoms with E-state index in [2.05, 4.69) is 15.1 Å². The first-order valence-corrected chi connectivity index (χ1v) is 7.90. The first-order valence-electron chi connectivity index (χ1n) is 7.90. The molecule has 3 rings (SSSR count). The summed E-state index contributed by atoms with van der Waals surface area (Å²) in [5.74, 6) is 0.267. The van der Waals surface area contributed by atoms with Crippen molar-refractivity contribution >= 4 is 5.91 Å². The lowest BCUT2D eigenvalue weighted by Gasteiger charge is -2.40. The second-order valence-electron chi connectivity index (χ2n) is 5.87. The van der Waals surface area contributed by atoms with E-state index in [0.29, 0.717) is 12.5 Å². The Bertz CT molecular complexity index is 435. The van der Waals surface area contributed by atoms with Gasteiger partial charge in [0.1, 0.15) is 0 Å². The normalized spacial score (nSPS) is 21.6. The van der Waals surface area contributed by atoms with Crippen LogP contribution in [0.3, 0.4) is 0 Å². The van der Waals surface area contributed by atoms with Gasteiger partial charge in [-0.05, 0) is 24.8 Å². The average Bonchev–Trinajstić information content (AvgIpc) is 3.07.